The Bertz CT molecular complexity index is 719. The molecule has 2 rings (SSSR count). The first-order valence-electron chi connectivity index (χ1n) is 9.71. The number of hydrogen-bond donors (Lipinski definition) is 2. The van der Waals surface area contributed by atoms with Gasteiger partial charge in [0.1, 0.15) is 11.4 Å². The fourth-order valence-corrected chi connectivity index (χ4v) is 3.19. The Morgan fingerprint density at radius 3 is 2.59 bits per heavy atom. The largest absolute Gasteiger partial charge is 0.444 e. The lowest BCUT2D eigenvalue weighted by molar-refractivity contribution is 0.0507. The van der Waals surface area contributed by atoms with Crippen LogP contribution in [0.4, 0.5) is 9.18 Å². The number of halogens is 2. The fourth-order valence-electron chi connectivity index (χ4n) is 3.19. The molecule has 1 aromatic rings. The van der Waals surface area contributed by atoms with Gasteiger partial charge in [0.15, 0.2) is 5.96 Å². The lowest BCUT2D eigenvalue weighted by Crippen LogP contribution is -2.46. The van der Waals surface area contributed by atoms with E-state index >= 15 is 0 Å². The summed E-state index contributed by atoms with van der Waals surface area (Å²) in [4.78, 5) is 18.5. The molecule has 1 unspecified atom stereocenters. The van der Waals surface area contributed by atoms with Gasteiger partial charge in [0.05, 0.1) is 6.04 Å². The van der Waals surface area contributed by atoms with E-state index in [1.807, 2.05) is 26.8 Å². The molecule has 164 valence electrons. The predicted molar refractivity (Wildman–Crippen MR) is 126 cm³/mol. The molecule has 8 heteroatoms. The van der Waals surface area contributed by atoms with Crippen LogP contribution in [-0.2, 0) is 10.2 Å². The Kier molecular flexibility index (Phi) is 9.17. The van der Waals surface area contributed by atoms with Crippen LogP contribution in [-0.4, -0.2) is 55.3 Å². The van der Waals surface area contributed by atoms with Gasteiger partial charge in [-0.2, -0.15) is 0 Å². The number of benzene rings is 1. The maximum Gasteiger partial charge on any atom is 0.407 e. The van der Waals surface area contributed by atoms with Crippen LogP contribution in [0, 0.1) is 5.82 Å². The minimum absolute atomic E-state index is 0. The molecule has 0 aromatic heterocycles. The SMILES string of the molecule is CN=C(NCC(C)(C)c1cccc(F)c1)N1CCC(NC(=O)OC(C)(C)C)C1.I. The zero-order chi connectivity index (χ0) is 20.9. The Morgan fingerprint density at radius 1 is 1.31 bits per heavy atom. The molecule has 1 fully saturated rings. The number of hydrogen-bond acceptors (Lipinski definition) is 3. The molecule has 1 atom stereocenters. The lowest BCUT2D eigenvalue weighted by atomic mass is 9.84. The second-order valence-corrected chi connectivity index (χ2v) is 8.87. The molecule has 6 nitrogen and oxygen atoms in total. The van der Waals surface area contributed by atoms with E-state index in [1.165, 1.54) is 6.07 Å². The number of rotatable bonds is 4. The molecule has 1 saturated heterocycles. The third-order valence-electron chi connectivity index (χ3n) is 4.71. The van der Waals surface area contributed by atoms with E-state index in [1.54, 1.807) is 19.2 Å². The molecule has 1 amide bonds. The summed E-state index contributed by atoms with van der Waals surface area (Å²) in [5, 5.41) is 6.31. The van der Waals surface area contributed by atoms with E-state index in [0.717, 1.165) is 24.5 Å². The van der Waals surface area contributed by atoms with Crippen LogP contribution >= 0.6 is 24.0 Å². The molecule has 2 N–H and O–H groups in total. The highest BCUT2D eigenvalue weighted by atomic mass is 127. The van der Waals surface area contributed by atoms with Crippen molar-refractivity contribution in [3.8, 4) is 0 Å². The van der Waals surface area contributed by atoms with E-state index in [0.29, 0.717) is 13.1 Å². The standard InChI is InChI=1S/C21H33FN4O2.HI/c1-20(2,3)28-19(27)25-17-10-11-26(13-17)18(23-6)24-14-21(4,5)15-8-7-9-16(22)12-15;/h7-9,12,17H,10-11,13-14H2,1-6H3,(H,23,24)(H,25,27);1H. The maximum absolute atomic E-state index is 13.6. The topological polar surface area (TPSA) is 66.0 Å². The van der Waals surface area contributed by atoms with E-state index in [2.05, 4.69) is 34.4 Å². The van der Waals surface area contributed by atoms with Crippen LogP contribution < -0.4 is 10.6 Å². The van der Waals surface area contributed by atoms with Gasteiger partial charge < -0.3 is 20.3 Å². The van der Waals surface area contributed by atoms with Gasteiger partial charge in [-0.1, -0.05) is 26.0 Å². The zero-order valence-electron chi connectivity index (χ0n) is 18.2. The van der Waals surface area contributed by atoms with Gasteiger partial charge >= 0.3 is 6.09 Å². The zero-order valence-corrected chi connectivity index (χ0v) is 20.5. The van der Waals surface area contributed by atoms with Crippen LogP contribution in [0.25, 0.3) is 0 Å². The van der Waals surface area contributed by atoms with Gasteiger partial charge in [-0.3, -0.25) is 4.99 Å². The summed E-state index contributed by atoms with van der Waals surface area (Å²) in [6.07, 6.45) is 0.433. The van der Waals surface area contributed by atoms with Crippen molar-refractivity contribution in [2.24, 2.45) is 4.99 Å². The van der Waals surface area contributed by atoms with Gasteiger partial charge in [-0.15, -0.1) is 24.0 Å². The van der Waals surface area contributed by atoms with Crippen molar-refractivity contribution in [1.29, 1.82) is 0 Å². The van der Waals surface area contributed by atoms with Crippen molar-refractivity contribution < 1.29 is 13.9 Å². The molecule has 0 saturated carbocycles. The summed E-state index contributed by atoms with van der Waals surface area (Å²) < 4.78 is 18.9. The molecule has 0 aliphatic carbocycles. The van der Waals surface area contributed by atoms with E-state index in [-0.39, 0.29) is 41.3 Å². The molecular weight excluding hydrogens is 486 g/mol. The average Bonchev–Trinajstić information content (AvgIpc) is 3.01. The first-order valence-corrected chi connectivity index (χ1v) is 9.71. The molecule has 0 spiro atoms. The second kappa shape index (κ2) is 10.4. The first kappa shape index (κ1) is 25.5. The van der Waals surface area contributed by atoms with Crippen molar-refractivity contribution in [3.05, 3.63) is 35.6 Å². The molecule has 1 aliphatic heterocycles. The summed E-state index contributed by atoms with van der Waals surface area (Å²) in [5.74, 6) is 0.545. The summed E-state index contributed by atoms with van der Waals surface area (Å²) in [5.41, 5.74) is 0.162. The van der Waals surface area contributed by atoms with Crippen LogP contribution in [0.2, 0.25) is 0 Å². The molecule has 1 heterocycles. The molecule has 1 aromatic carbocycles. The van der Waals surface area contributed by atoms with E-state index < -0.39 is 11.7 Å². The normalized spacial score (nSPS) is 17.6. The number of nitrogens with zero attached hydrogens (tertiary/aromatic N) is 2. The number of guanidine groups is 1. The van der Waals surface area contributed by atoms with Crippen molar-refractivity contribution in [2.45, 2.75) is 58.1 Å². The Balaban J connectivity index is 0.00000420. The Morgan fingerprint density at radius 2 is 2.00 bits per heavy atom. The third kappa shape index (κ3) is 7.98. The van der Waals surface area contributed by atoms with Crippen LogP contribution in [0.5, 0.6) is 0 Å². The number of ether oxygens (including phenoxy) is 1. The molecule has 0 radical (unpaired) electrons. The predicted octanol–water partition coefficient (Wildman–Crippen LogP) is 3.90. The minimum Gasteiger partial charge on any atom is -0.444 e. The van der Waals surface area contributed by atoms with Crippen molar-refractivity contribution in [1.82, 2.24) is 15.5 Å². The number of amides is 1. The fraction of sp³-hybridized carbons (Fsp3) is 0.619. The molecule has 0 bridgehead atoms. The van der Waals surface area contributed by atoms with Gasteiger partial charge in [0.2, 0.25) is 0 Å². The van der Waals surface area contributed by atoms with Gasteiger partial charge in [0, 0.05) is 32.1 Å². The first-order chi connectivity index (χ1) is 13.0. The molecule has 29 heavy (non-hydrogen) atoms. The quantitative estimate of drug-likeness (QED) is 0.359. The van der Waals surface area contributed by atoms with Gasteiger partial charge in [-0.25, -0.2) is 9.18 Å². The second-order valence-electron chi connectivity index (χ2n) is 8.87. The number of nitrogens with one attached hydrogen (secondary N) is 2. The average molecular weight is 520 g/mol. The van der Waals surface area contributed by atoms with Crippen molar-refractivity contribution >= 4 is 36.0 Å². The van der Waals surface area contributed by atoms with Crippen LogP contribution in [0.1, 0.15) is 46.6 Å². The summed E-state index contributed by atoms with van der Waals surface area (Å²) in [6, 6.07) is 6.71. The summed E-state index contributed by atoms with van der Waals surface area (Å²) in [7, 11) is 1.74. The Hall–Kier alpha value is -1.58. The van der Waals surface area contributed by atoms with Crippen LogP contribution in [0.15, 0.2) is 29.3 Å². The van der Waals surface area contributed by atoms with Crippen molar-refractivity contribution in [3.63, 3.8) is 0 Å². The van der Waals surface area contributed by atoms with Gasteiger partial charge in [0.25, 0.3) is 0 Å². The number of carbonyl (C=O) groups excluding carboxylic acids is 1. The number of carbonyl (C=O) groups is 1. The van der Waals surface area contributed by atoms with Crippen molar-refractivity contribution in [2.75, 3.05) is 26.7 Å². The third-order valence-corrected chi connectivity index (χ3v) is 4.71. The maximum atomic E-state index is 13.6. The highest BCUT2D eigenvalue weighted by molar-refractivity contribution is 14.0. The Labute approximate surface area is 190 Å². The van der Waals surface area contributed by atoms with E-state index in [4.69, 9.17) is 4.74 Å². The lowest BCUT2D eigenvalue weighted by Gasteiger charge is -2.29. The molecular formula is C21H34FIN4O2. The highest BCUT2D eigenvalue weighted by Gasteiger charge is 2.29. The highest BCUT2D eigenvalue weighted by Crippen LogP contribution is 2.23. The monoisotopic (exact) mass is 520 g/mol. The van der Waals surface area contributed by atoms with E-state index in [9.17, 15) is 9.18 Å². The number of alkyl carbamates (subject to hydrolysis) is 1. The summed E-state index contributed by atoms with van der Waals surface area (Å²) in [6.45, 7) is 11.8. The number of aliphatic imine (C=N–C) groups is 1. The summed E-state index contributed by atoms with van der Waals surface area (Å²) >= 11 is 0. The number of likely N-dealkylation sites (tertiary alicyclic amines) is 1. The smallest absolute Gasteiger partial charge is 0.407 e. The minimum atomic E-state index is -0.511. The van der Waals surface area contributed by atoms with Gasteiger partial charge in [-0.05, 0) is 44.9 Å². The molecule has 1 aliphatic rings. The van der Waals surface area contributed by atoms with Crippen LogP contribution in [0.3, 0.4) is 0 Å².